The van der Waals surface area contributed by atoms with Crippen LogP contribution in [0.2, 0.25) is 0 Å². The van der Waals surface area contributed by atoms with Crippen molar-refractivity contribution in [2.75, 3.05) is 13.1 Å². The number of rotatable bonds is 13. The molecule has 0 saturated heterocycles. The van der Waals surface area contributed by atoms with Crippen LogP contribution in [0.15, 0.2) is 18.2 Å². The number of alkyl carbamates (subject to hydrolysis) is 1. The molecule has 0 spiro atoms. The molecule has 0 aromatic heterocycles. The van der Waals surface area contributed by atoms with E-state index in [1.807, 2.05) is 45.9 Å². The predicted octanol–water partition coefficient (Wildman–Crippen LogP) is 5.83. The van der Waals surface area contributed by atoms with Gasteiger partial charge in [0.05, 0.1) is 0 Å². The Labute approximate surface area is 218 Å². The van der Waals surface area contributed by atoms with E-state index in [1.165, 1.54) is 0 Å². The van der Waals surface area contributed by atoms with Crippen LogP contribution in [0.5, 0.6) is 0 Å². The van der Waals surface area contributed by atoms with E-state index in [0.717, 1.165) is 48.8 Å². The molecule has 204 valence electrons. The summed E-state index contributed by atoms with van der Waals surface area (Å²) in [5.74, 6) is -0.663. The first-order valence-corrected chi connectivity index (χ1v) is 13.5. The molecule has 2 atom stereocenters. The van der Waals surface area contributed by atoms with Crippen LogP contribution >= 0.6 is 0 Å². The third-order valence-electron chi connectivity index (χ3n) is 6.01. The van der Waals surface area contributed by atoms with Crippen molar-refractivity contribution in [3.8, 4) is 0 Å². The topological polar surface area (TPSA) is 87.7 Å². The summed E-state index contributed by atoms with van der Waals surface area (Å²) in [5.41, 5.74) is 2.10. The van der Waals surface area contributed by atoms with E-state index >= 15 is 0 Å². The quantitative estimate of drug-likeness (QED) is 0.332. The third-order valence-corrected chi connectivity index (χ3v) is 6.01. The number of hydrogen-bond acceptors (Lipinski definition) is 4. The number of amides is 3. The van der Waals surface area contributed by atoms with Crippen LogP contribution in [-0.2, 0) is 14.3 Å². The molecule has 2 N–H and O–H groups in total. The minimum absolute atomic E-state index is 0.191. The zero-order valence-corrected chi connectivity index (χ0v) is 24.0. The number of carbonyl (C=O) groups is 3. The maximum Gasteiger partial charge on any atom is 0.408 e. The zero-order valence-electron chi connectivity index (χ0n) is 24.0. The second-order valence-corrected chi connectivity index (χ2v) is 11.0. The van der Waals surface area contributed by atoms with Crippen LogP contribution in [0.4, 0.5) is 4.79 Å². The lowest BCUT2D eigenvalue weighted by Gasteiger charge is -2.36. The molecule has 0 aliphatic heterocycles. The highest BCUT2D eigenvalue weighted by atomic mass is 16.6. The van der Waals surface area contributed by atoms with Gasteiger partial charge in [-0.2, -0.15) is 0 Å². The number of aryl methyl sites for hydroxylation is 2. The van der Waals surface area contributed by atoms with Crippen molar-refractivity contribution < 1.29 is 19.1 Å². The van der Waals surface area contributed by atoms with E-state index in [0.29, 0.717) is 13.1 Å². The van der Waals surface area contributed by atoms with Crippen LogP contribution in [0.1, 0.15) is 103 Å². The molecule has 0 radical (unpaired) electrons. The average molecular weight is 504 g/mol. The Morgan fingerprint density at radius 2 is 1.64 bits per heavy atom. The van der Waals surface area contributed by atoms with E-state index in [9.17, 15) is 14.4 Å². The second-order valence-electron chi connectivity index (χ2n) is 11.0. The zero-order chi connectivity index (χ0) is 27.5. The molecule has 0 aliphatic carbocycles. The standard InChI is InChI=1S/C29H49N3O4/c1-10-12-14-17-30-26(33)25(23-19-21(5)15-16-22(23)6)32(18-13-11-2)27(34)24(20(3)4)31-28(35)36-29(7,8)9/h15-16,19-20,24-25H,10-14,17-18H2,1-9H3,(H,30,33)(H,31,35). The highest BCUT2D eigenvalue weighted by molar-refractivity contribution is 5.92. The summed E-state index contributed by atoms with van der Waals surface area (Å²) in [4.78, 5) is 42.0. The smallest absolute Gasteiger partial charge is 0.408 e. The lowest BCUT2D eigenvalue weighted by molar-refractivity contribution is -0.143. The van der Waals surface area contributed by atoms with Gasteiger partial charge in [0.15, 0.2) is 0 Å². The molecule has 1 aromatic rings. The monoisotopic (exact) mass is 503 g/mol. The van der Waals surface area contributed by atoms with Gasteiger partial charge in [-0.3, -0.25) is 9.59 Å². The number of unbranched alkanes of at least 4 members (excludes halogenated alkanes) is 3. The van der Waals surface area contributed by atoms with Crippen molar-refractivity contribution >= 4 is 17.9 Å². The predicted molar refractivity (Wildman–Crippen MR) is 146 cm³/mol. The molecular formula is C29H49N3O4. The molecule has 7 nitrogen and oxygen atoms in total. The van der Waals surface area contributed by atoms with Crippen LogP contribution in [0.3, 0.4) is 0 Å². The molecule has 0 saturated carbocycles. The highest BCUT2D eigenvalue weighted by Gasteiger charge is 2.37. The number of ether oxygens (including phenoxy) is 1. The molecule has 0 heterocycles. The Balaban J connectivity index is 3.45. The van der Waals surface area contributed by atoms with E-state index in [-0.39, 0.29) is 17.7 Å². The van der Waals surface area contributed by atoms with E-state index in [2.05, 4.69) is 24.5 Å². The molecule has 36 heavy (non-hydrogen) atoms. The Bertz CT molecular complexity index is 861. The van der Waals surface area contributed by atoms with Gasteiger partial charge >= 0.3 is 6.09 Å². The first-order chi connectivity index (χ1) is 16.8. The SMILES string of the molecule is CCCCCNC(=O)C(c1cc(C)ccc1C)N(CCCC)C(=O)C(NC(=O)OC(C)(C)C)C(C)C. The van der Waals surface area contributed by atoms with Gasteiger partial charge < -0.3 is 20.3 Å². The van der Waals surface area contributed by atoms with Gasteiger partial charge in [0.1, 0.15) is 17.7 Å². The minimum atomic E-state index is -0.822. The van der Waals surface area contributed by atoms with Gasteiger partial charge in [0.25, 0.3) is 0 Å². The van der Waals surface area contributed by atoms with E-state index < -0.39 is 23.8 Å². The molecule has 2 unspecified atom stereocenters. The number of carbonyl (C=O) groups excluding carboxylic acids is 3. The summed E-state index contributed by atoms with van der Waals surface area (Å²) in [7, 11) is 0. The fraction of sp³-hybridized carbons (Fsp3) is 0.690. The number of nitrogens with one attached hydrogen (secondary N) is 2. The average Bonchev–Trinajstić information content (AvgIpc) is 2.78. The van der Waals surface area contributed by atoms with Crippen LogP contribution in [-0.4, -0.2) is 47.5 Å². The Kier molecular flexibility index (Phi) is 13.0. The van der Waals surface area contributed by atoms with E-state index in [1.54, 1.807) is 25.7 Å². The lowest BCUT2D eigenvalue weighted by atomic mass is 9.94. The number of nitrogens with zero attached hydrogens (tertiary/aromatic N) is 1. The van der Waals surface area contributed by atoms with Gasteiger partial charge in [-0.25, -0.2) is 4.79 Å². The van der Waals surface area contributed by atoms with Gasteiger partial charge in [-0.1, -0.05) is 70.7 Å². The first kappa shape index (κ1) is 31.5. The maximum atomic E-state index is 14.1. The molecule has 0 fully saturated rings. The fourth-order valence-corrected chi connectivity index (χ4v) is 4.01. The van der Waals surface area contributed by atoms with Crippen molar-refractivity contribution in [1.29, 1.82) is 0 Å². The summed E-state index contributed by atoms with van der Waals surface area (Å²) in [5, 5.41) is 5.85. The van der Waals surface area contributed by atoms with Crippen LogP contribution in [0.25, 0.3) is 0 Å². The van der Waals surface area contributed by atoms with Crippen molar-refractivity contribution in [1.82, 2.24) is 15.5 Å². The van der Waals surface area contributed by atoms with E-state index in [4.69, 9.17) is 4.74 Å². The van der Waals surface area contributed by atoms with Crippen molar-refractivity contribution in [3.05, 3.63) is 34.9 Å². The Morgan fingerprint density at radius 1 is 1.00 bits per heavy atom. The molecule has 7 heteroatoms. The molecular weight excluding hydrogens is 454 g/mol. The third kappa shape index (κ3) is 10.2. The van der Waals surface area contributed by atoms with Gasteiger partial charge in [0.2, 0.25) is 11.8 Å². The Morgan fingerprint density at radius 3 is 2.19 bits per heavy atom. The molecule has 0 bridgehead atoms. The van der Waals surface area contributed by atoms with Crippen LogP contribution < -0.4 is 10.6 Å². The number of hydrogen-bond donors (Lipinski definition) is 2. The molecule has 0 aliphatic rings. The highest BCUT2D eigenvalue weighted by Crippen LogP contribution is 2.28. The second kappa shape index (κ2) is 14.9. The Hall–Kier alpha value is -2.57. The van der Waals surface area contributed by atoms with Crippen molar-refractivity contribution in [3.63, 3.8) is 0 Å². The molecule has 3 amide bonds. The summed E-state index contributed by atoms with van der Waals surface area (Å²) in [6, 6.07) is 4.38. The van der Waals surface area contributed by atoms with Gasteiger partial charge in [0, 0.05) is 13.1 Å². The summed E-state index contributed by atoms with van der Waals surface area (Å²) >= 11 is 0. The summed E-state index contributed by atoms with van der Waals surface area (Å²) in [6.07, 6.45) is 3.95. The maximum absolute atomic E-state index is 14.1. The fourth-order valence-electron chi connectivity index (χ4n) is 4.01. The normalized spacial score (nSPS) is 13.2. The van der Waals surface area contributed by atoms with Crippen molar-refractivity contribution in [2.45, 2.75) is 112 Å². The first-order valence-electron chi connectivity index (χ1n) is 13.5. The number of benzene rings is 1. The van der Waals surface area contributed by atoms with Gasteiger partial charge in [-0.05, 0) is 64.5 Å². The van der Waals surface area contributed by atoms with Crippen LogP contribution in [0, 0.1) is 19.8 Å². The molecule has 1 aromatic carbocycles. The largest absolute Gasteiger partial charge is 0.444 e. The summed E-state index contributed by atoms with van der Waals surface area (Å²) < 4.78 is 5.43. The lowest BCUT2D eigenvalue weighted by Crippen LogP contribution is -2.55. The van der Waals surface area contributed by atoms with Gasteiger partial charge in [-0.15, -0.1) is 0 Å². The summed E-state index contributed by atoms with van der Waals surface area (Å²) in [6.45, 7) is 18.2. The molecule has 1 rings (SSSR count). The minimum Gasteiger partial charge on any atom is -0.444 e. The van der Waals surface area contributed by atoms with Crippen molar-refractivity contribution in [2.24, 2.45) is 5.92 Å².